The van der Waals surface area contributed by atoms with Crippen LogP contribution in [0.1, 0.15) is 41.5 Å². The summed E-state index contributed by atoms with van der Waals surface area (Å²) in [4.78, 5) is 28.8. The van der Waals surface area contributed by atoms with Gasteiger partial charge in [0.25, 0.3) is 0 Å². The van der Waals surface area contributed by atoms with Crippen LogP contribution >= 0.6 is 0 Å². The van der Waals surface area contributed by atoms with E-state index in [2.05, 4.69) is 0 Å². The van der Waals surface area contributed by atoms with E-state index >= 15 is 0 Å². The van der Waals surface area contributed by atoms with Crippen LogP contribution in [-0.2, 0) is 14.4 Å². The fraction of sp³-hybridized carbons (Fsp3) is 0.750. The molecule has 0 aromatic heterocycles. The normalized spacial score (nSPS) is 8.68. The number of carboxylic acid groups (broad SMARTS) is 3. The summed E-state index contributed by atoms with van der Waals surface area (Å²) in [5.41, 5.74) is 0. The van der Waals surface area contributed by atoms with Gasteiger partial charge in [-0.1, -0.05) is 41.5 Å². The summed E-state index contributed by atoms with van der Waals surface area (Å²) in [5, 5.41) is 28.8. The SMILES string of the molecule is CC(C)C(=O)[O-].CC(C)C(=O)[O-].CC(C)C(=O)[O-].[Nd+3]. The van der Waals surface area contributed by atoms with Gasteiger partial charge in [-0.25, -0.2) is 0 Å². The predicted molar refractivity (Wildman–Crippen MR) is 59.5 cm³/mol. The number of carbonyl (C=O) groups excluding carboxylic acids is 3. The van der Waals surface area contributed by atoms with E-state index in [0.29, 0.717) is 0 Å². The molecule has 0 atom stereocenters. The van der Waals surface area contributed by atoms with Crippen molar-refractivity contribution >= 4 is 17.9 Å². The minimum atomic E-state index is -0.991. The third kappa shape index (κ3) is 31.9. The minimum absolute atomic E-state index is 0. The Kier molecular flexibility index (Phi) is 22.6. The van der Waals surface area contributed by atoms with Crippen molar-refractivity contribution < 1.29 is 70.5 Å². The number of rotatable bonds is 3. The van der Waals surface area contributed by atoms with Gasteiger partial charge < -0.3 is 29.7 Å². The van der Waals surface area contributed by atoms with Crippen molar-refractivity contribution in [2.24, 2.45) is 17.8 Å². The van der Waals surface area contributed by atoms with E-state index in [1.54, 1.807) is 41.5 Å². The van der Waals surface area contributed by atoms with E-state index < -0.39 is 17.9 Å². The molecule has 1 radical (unpaired) electrons. The van der Waals surface area contributed by atoms with Crippen LogP contribution in [0.4, 0.5) is 0 Å². The molecule has 0 aliphatic carbocycles. The van der Waals surface area contributed by atoms with Gasteiger partial charge in [-0.05, 0) is 17.8 Å². The van der Waals surface area contributed by atoms with Gasteiger partial charge in [-0.15, -0.1) is 0 Å². The van der Waals surface area contributed by atoms with E-state index in [1.165, 1.54) is 0 Å². The van der Waals surface area contributed by atoms with Gasteiger partial charge in [0.2, 0.25) is 0 Å². The number of hydrogen-bond acceptors (Lipinski definition) is 6. The molecule has 0 spiro atoms. The molecular formula is C12H21NdO6. The average Bonchev–Trinajstić information content (AvgIpc) is 2.18. The molecule has 0 amide bonds. The summed E-state index contributed by atoms with van der Waals surface area (Å²) in [6.07, 6.45) is 0. The van der Waals surface area contributed by atoms with Crippen LogP contribution < -0.4 is 15.3 Å². The molecule has 0 aliphatic heterocycles. The molecule has 0 aromatic carbocycles. The standard InChI is InChI=1S/3C4H8O2.Nd/c3*1-3(2)4(5)6;/h3*3H,1-2H3,(H,5,6);/q;;;+3/p-3. The summed E-state index contributed by atoms with van der Waals surface area (Å²) in [6.45, 7) is 9.47. The van der Waals surface area contributed by atoms with Gasteiger partial charge in [0.15, 0.2) is 0 Å². The Balaban J connectivity index is -0.0000000865. The van der Waals surface area contributed by atoms with Crippen molar-refractivity contribution in [2.45, 2.75) is 41.5 Å². The second-order valence-electron chi connectivity index (χ2n) is 4.42. The van der Waals surface area contributed by atoms with Crippen molar-refractivity contribution in [1.82, 2.24) is 0 Å². The first-order valence-electron chi connectivity index (χ1n) is 5.55. The Hall–Kier alpha value is -0.239. The number of carbonyl (C=O) groups is 3. The van der Waals surface area contributed by atoms with Crippen molar-refractivity contribution in [2.75, 3.05) is 0 Å². The predicted octanol–water partition coefficient (Wildman–Crippen LogP) is -1.82. The third-order valence-electron chi connectivity index (χ3n) is 1.41. The summed E-state index contributed by atoms with van der Waals surface area (Å²) in [6, 6.07) is 0. The maximum atomic E-state index is 9.59. The molecule has 0 unspecified atom stereocenters. The van der Waals surface area contributed by atoms with Crippen LogP contribution in [0.5, 0.6) is 0 Å². The topological polar surface area (TPSA) is 120 Å². The molecule has 0 bridgehead atoms. The van der Waals surface area contributed by atoms with E-state index in [4.69, 9.17) is 0 Å². The summed E-state index contributed by atoms with van der Waals surface area (Å²) in [5.74, 6) is -4.00. The van der Waals surface area contributed by atoms with Gasteiger partial charge in [-0.3, -0.25) is 0 Å². The van der Waals surface area contributed by atoms with Gasteiger partial charge in [-0.2, -0.15) is 0 Å². The van der Waals surface area contributed by atoms with Crippen molar-refractivity contribution in [3.63, 3.8) is 0 Å². The molecule has 0 N–H and O–H groups in total. The number of hydrogen-bond donors (Lipinski definition) is 0. The van der Waals surface area contributed by atoms with Crippen LogP contribution in [0.25, 0.3) is 0 Å². The zero-order valence-electron chi connectivity index (χ0n) is 12.2. The molecule has 0 saturated carbocycles. The molecule has 0 aromatic rings. The fourth-order valence-electron chi connectivity index (χ4n) is 0. The first kappa shape index (κ1) is 27.2. The molecule has 0 fully saturated rings. The molecule has 0 heterocycles. The Morgan fingerprint density at radius 1 is 0.579 bits per heavy atom. The van der Waals surface area contributed by atoms with Crippen LogP contribution in [0.15, 0.2) is 0 Å². The van der Waals surface area contributed by atoms with Crippen molar-refractivity contribution in [3.8, 4) is 0 Å². The largest absolute Gasteiger partial charge is 3.00 e. The van der Waals surface area contributed by atoms with Crippen LogP contribution in [0, 0.1) is 58.6 Å². The van der Waals surface area contributed by atoms with Gasteiger partial charge in [0.05, 0.1) is 0 Å². The van der Waals surface area contributed by atoms with E-state index in [-0.39, 0.29) is 58.6 Å². The van der Waals surface area contributed by atoms with E-state index in [1.807, 2.05) is 0 Å². The Bertz CT molecular complexity index is 218. The fourth-order valence-corrected chi connectivity index (χ4v) is 0. The Morgan fingerprint density at radius 3 is 0.632 bits per heavy atom. The molecule has 19 heavy (non-hydrogen) atoms. The minimum Gasteiger partial charge on any atom is -0.550 e. The Morgan fingerprint density at radius 2 is 0.632 bits per heavy atom. The van der Waals surface area contributed by atoms with E-state index in [9.17, 15) is 29.7 Å². The van der Waals surface area contributed by atoms with Crippen LogP contribution in [-0.4, -0.2) is 17.9 Å². The molecule has 0 rings (SSSR count). The zero-order valence-corrected chi connectivity index (χ0v) is 15.4. The van der Waals surface area contributed by atoms with Gasteiger partial charge in [0.1, 0.15) is 0 Å². The first-order valence-corrected chi connectivity index (χ1v) is 5.55. The molecule has 6 nitrogen and oxygen atoms in total. The molecule has 7 heteroatoms. The monoisotopic (exact) mass is 403 g/mol. The van der Waals surface area contributed by atoms with E-state index in [0.717, 1.165) is 0 Å². The van der Waals surface area contributed by atoms with Gasteiger partial charge >= 0.3 is 40.8 Å². The second-order valence-corrected chi connectivity index (χ2v) is 4.42. The second kappa shape index (κ2) is 15.8. The number of carboxylic acids is 3. The average molecular weight is 406 g/mol. The Labute approximate surface area is 147 Å². The zero-order chi connectivity index (χ0) is 15.5. The maximum absolute atomic E-state index is 9.59. The van der Waals surface area contributed by atoms with Crippen molar-refractivity contribution in [3.05, 3.63) is 0 Å². The van der Waals surface area contributed by atoms with Crippen molar-refractivity contribution in [1.29, 1.82) is 0 Å². The summed E-state index contributed by atoms with van der Waals surface area (Å²) >= 11 is 0. The number of aliphatic carboxylic acids is 3. The molecule has 109 valence electrons. The van der Waals surface area contributed by atoms with Crippen LogP contribution in [0.2, 0.25) is 0 Å². The van der Waals surface area contributed by atoms with Gasteiger partial charge in [0, 0.05) is 17.9 Å². The third-order valence-corrected chi connectivity index (χ3v) is 1.41. The molecule has 0 aliphatic rings. The van der Waals surface area contributed by atoms with Crippen LogP contribution in [0.3, 0.4) is 0 Å². The summed E-state index contributed by atoms with van der Waals surface area (Å²) in [7, 11) is 0. The maximum Gasteiger partial charge on any atom is 3.00 e. The first-order chi connectivity index (χ1) is 7.93. The quantitative estimate of drug-likeness (QED) is 0.545. The molecular weight excluding hydrogens is 384 g/mol. The smallest absolute Gasteiger partial charge is 0.550 e. The summed E-state index contributed by atoms with van der Waals surface area (Å²) < 4.78 is 0. The molecule has 0 saturated heterocycles.